The topological polar surface area (TPSA) is 71.7 Å². The Morgan fingerprint density at radius 2 is 2.07 bits per heavy atom. The molecule has 3 rings (SSSR count). The van der Waals surface area contributed by atoms with Gasteiger partial charge >= 0.3 is 6.03 Å². The summed E-state index contributed by atoms with van der Waals surface area (Å²) in [5.41, 5.74) is 1.15. The Morgan fingerprint density at radius 3 is 2.82 bits per heavy atom. The van der Waals surface area contributed by atoms with Crippen LogP contribution in [0.4, 0.5) is 4.79 Å². The number of benzene rings is 1. The van der Waals surface area contributed by atoms with Crippen LogP contribution in [0.25, 0.3) is 0 Å². The van der Waals surface area contributed by atoms with Crippen molar-refractivity contribution in [3.8, 4) is 0 Å². The highest BCUT2D eigenvalue weighted by atomic mass is 16.5. The molecule has 1 aromatic heterocycles. The Hall–Kier alpha value is -2.41. The van der Waals surface area contributed by atoms with Gasteiger partial charge in [-0.25, -0.2) is 4.79 Å². The van der Waals surface area contributed by atoms with Gasteiger partial charge in [0, 0.05) is 32.6 Å². The maximum absolute atomic E-state index is 12.6. The highest BCUT2D eigenvalue weighted by molar-refractivity contribution is 5.74. The summed E-state index contributed by atoms with van der Waals surface area (Å²) < 4.78 is 11.2. The van der Waals surface area contributed by atoms with E-state index in [0.29, 0.717) is 37.9 Å². The van der Waals surface area contributed by atoms with E-state index in [-0.39, 0.29) is 11.9 Å². The molecule has 1 saturated heterocycles. The molecule has 7 nitrogen and oxygen atoms in total. The van der Waals surface area contributed by atoms with E-state index in [1.54, 1.807) is 0 Å². The molecule has 0 saturated carbocycles. The smallest absolute Gasteiger partial charge is 0.320 e. The predicted octanol–water partition coefficient (Wildman–Crippen LogP) is 3.47. The first-order chi connectivity index (χ1) is 13.7. The zero-order chi connectivity index (χ0) is 19.8. The highest BCUT2D eigenvalue weighted by Crippen LogP contribution is 2.26. The number of amides is 2. The van der Waals surface area contributed by atoms with Gasteiger partial charge in [-0.2, -0.15) is 4.98 Å². The maximum atomic E-state index is 12.6. The molecule has 0 N–H and O–H groups in total. The molecule has 1 unspecified atom stereocenters. The molecule has 0 spiro atoms. The Bertz CT molecular complexity index is 730. The Morgan fingerprint density at radius 1 is 1.29 bits per heavy atom. The van der Waals surface area contributed by atoms with E-state index in [9.17, 15) is 4.79 Å². The number of likely N-dealkylation sites (tertiary alicyclic amines) is 1. The molecule has 1 aromatic carbocycles. The lowest BCUT2D eigenvalue weighted by Crippen LogP contribution is -2.47. The molecular weight excluding hydrogens is 356 g/mol. The van der Waals surface area contributed by atoms with E-state index in [0.717, 1.165) is 38.0 Å². The number of aromatic nitrogens is 2. The SMILES string of the molecule is CCN(CC)C(=O)N1CCCC(c2nc(CCOCc3ccccc3)no2)C1. The molecule has 1 atom stereocenters. The van der Waals surface area contributed by atoms with Gasteiger partial charge in [-0.3, -0.25) is 0 Å². The van der Waals surface area contributed by atoms with E-state index in [1.807, 2.05) is 54.0 Å². The van der Waals surface area contributed by atoms with Crippen LogP contribution < -0.4 is 0 Å². The number of hydrogen-bond donors (Lipinski definition) is 0. The fourth-order valence-electron chi connectivity index (χ4n) is 3.51. The molecular formula is C21H30N4O3. The Balaban J connectivity index is 1.48. The third-order valence-electron chi connectivity index (χ3n) is 5.14. The van der Waals surface area contributed by atoms with E-state index >= 15 is 0 Å². The number of hydrogen-bond acceptors (Lipinski definition) is 5. The van der Waals surface area contributed by atoms with Crippen molar-refractivity contribution in [2.75, 3.05) is 32.8 Å². The normalized spacial score (nSPS) is 16.9. The number of carbonyl (C=O) groups excluding carboxylic acids is 1. The molecule has 28 heavy (non-hydrogen) atoms. The molecule has 0 aliphatic carbocycles. The molecule has 2 heterocycles. The fourth-order valence-corrected chi connectivity index (χ4v) is 3.51. The second-order valence-electron chi connectivity index (χ2n) is 7.08. The Kier molecular flexibility index (Phi) is 7.42. The summed E-state index contributed by atoms with van der Waals surface area (Å²) in [5.74, 6) is 1.41. The van der Waals surface area contributed by atoms with Gasteiger partial charge in [0.2, 0.25) is 5.89 Å². The van der Waals surface area contributed by atoms with Gasteiger partial charge < -0.3 is 19.1 Å². The van der Waals surface area contributed by atoms with Gasteiger partial charge in [-0.15, -0.1) is 0 Å². The van der Waals surface area contributed by atoms with Gasteiger partial charge in [0.25, 0.3) is 0 Å². The number of piperidine rings is 1. The summed E-state index contributed by atoms with van der Waals surface area (Å²) in [6, 6.07) is 10.2. The number of ether oxygens (including phenoxy) is 1. The Labute approximate surface area is 166 Å². The molecule has 0 bridgehead atoms. The molecule has 1 aliphatic rings. The van der Waals surface area contributed by atoms with Crippen molar-refractivity contribution >= 4 is 6.03 Å². The summed E-state index contributed by atoms with van der Waals surface area (Å²) in [6.07, 6.45) is 2.54. The van der Waals surface area contributed by atoms with Crippen molar-refractivity contribution in [1.29, 1.82) is 0 Å². The van der Waals surface area contributed by atoms with E-state index in [4.69, 9.17) is 9.26 Å². The average Bonchev–Trinajstić information content (AvgIpc) is 3.22. The van der Waals surface area contributed by atoms with Crippen LogP contribution in [0.15, 0.2) is 34.9 Å². The second-order valence-corrected chi connectivity index (χ2v) is 7.08. The minimum absolute atomic E-state index is 0.101. The first-order valence-corrected chi connectivity index (χ1v) is 10.2. The number of rotatable bonds is 8. The number of carbonyl (C=O) groups is 1. The van der Waals surface area contributed by atoms with E-state index in [1.165, 1.54) is 0 Å². The minimum Gasteiger partial charge on any atom is -0.376 e. The lowest BCUT2D eigenvalue weighted by molar-refractivity contribution is 0.122. The molecule has 2 amide bonds. The van der Waals surface area contributed by atoms with Crippen LogP contribution in [0.1, 0.15) is 49.9 Å². The zero-order valence-electron chi connectivity index (χ0n) is 16.8. The lowest BCUT2D eigenvalue weighted by Gasteiger charge is -2.34. The van der Waals surface area contributed by atoms with Crippen LogP contribution in [0, 0.1) is 0 Å². The average molecular weight is 386 g/mol. The standard InChI is InChI=1S/C21H30N4O3/c1-3-24(4-2)21(26)25-13-8-11-18(15-25)20-22-19(23-28-20)12-14-27-16-17-9-6-5-7-10-17/h5-7,9-10,18H,3-4,8,11-16H2,1-2H3. The predicted molar refractivity (Wildman–Crippen MR) is 106 cm³/mol. The van der Waals surface area contributed by atoms with Gasteiger partial charge in [-0.05, 0) is 32.3 Å². The molecule has 2 aromatic rings. The third kappa shape index (κ3) is 5.32. The van der Waals surface area contributed by atoms with Crippen LogP contribution in [0.3, 0.4) is 0 Å². The molecule has 7 heteroatoms. The van der Waals surface area contributed by atoms with Crippen LogP contribution in [-0.4, -0.2) is 58.8 Å². The van der Waals surface area contributed by atoms with Crippen molar-refractivity contribution < 1.29 is 14.1 Å². The van der Waals surface area contributed by atoms with E-state index in [2.05, 4.69) is 10.1 Å². The molecule has 0 radical (unpaired) electrons. The summed E-state index contributed by atoms with van der Waals surface area (Å²) in [5, 5.41) is 4.09. The van der Waals surface area contributed by atoms with Crippen molar-refractivity contribution in [3.63, 3.8) is 0 Å². The summed E-state index contributed by atoms with van der Waals surface area (Å²) in [6.45, 7) is 8.03. The third-order valence-corrected chi connectivity index (χ3v) is 5.14. The van der Waals surface area contributed by atoms with Gasteiger partial charge in [0.15, 0.2) is 5.82 Å². The second kappa shape index (κ2) is 10.2. The van der Waals surface area contributed by atoms with Gasteiger partial charge in [-0.1, -0.05) is 35.5 Å². The molecule has 1 fully saturated rings. The lowest BCUT2D eigenvalue weighted by atomic mass is 9.98. The molecule has 1 aliphatic heterocycles. The minimum atomic E-state index is 0.101. The first kappa shape index (κ1) is 20.3. The monoisotopic (exact) mass is 386 g/mol. The molecule has 152 valence electrons. The van der Waals surface area contributed by atoms with Crippen molar-refractivity contribution in [1.82, 2.24) is 19.9 Å². The van der Waals surface area contributed by atoms with Crippen LogP contribution >= 0.6 is 0 Å². The van der Waals surface area contributed by atoms with Gasteiger partial charge in [0.05, 0.1) is 19.1 Å². The highest BCUT2D eigenvalue weighted by Gasteiger charge is 2.30. The van der Waals surface area contributed by atoms with Crippen LogP contribution in [0.2, 0.25) is 0 Å². The van der Waals surface area contributed by atoms with Crippen LogP contribution in [-0.2, 0) is 17.8 Å². The first-order valence-electron chi connectivity index (χ1n) is 10.2. The van der Waals surface area contributed by atoms with Gasteiger partial charge in [0.1, 0.15) is 0 Å². The van der Waals surface area contributed by atoms with Crippen molar-refractivity contribution in [2.45, 2.75) is 45.6 Å². The fraction of sp³-hybridized carbons (Fsp3) is 0.571. The number of urea groups is 1. The quantitative estimate of drug-likeness (QED) is 0.650. The maximum Gasteiger partial charge on any atom is 0.320 e. The summed E-state index contributed by atoms with van der Waals surface area (Å²) in [4.78, 5) is 20.9. The number of nitrogens with zero attached hydrogens (tertiary/aromatic N) is 4. The van der Waals surface area contributed by atoms with Crippen molar-refractivity contribution in [2.24, 2.45) is 0 Å². The largest absolute Gasteiger partial charge is 0.376 e. The van der Waals surface area contributed by atoms with Crippen molar-refractivity contribution in [3.05, 3.63) is 47.6 Å². The van der Waals surface area contributed by atoms with E-state index < -0.39 is 0 Å². The summed E-state index contributed by atoms with van der Waals surface area (Å²) in [7, 11) is 0. The summed E-state index contributed by atoms with van der Waals surface area (Å²) >= 11 is 0. The zero-order valence-corrected chi connectivity index (χ0v) is 16.8. The van der Waals surface area contributed by atoms with Crippen LogP contribution in [0.5, 0.6) is 0 Å².